The molecular weight excluding hydrogens is 288 g/mol. The van der Waals surface area contributed by atoms with E-state index in [1.807, 2.05) is 23.1 Å². The summed E-state index contributed by atoms with van der Waals surface area (Å²) in [6.45, 7) is 0. The highest BCUT2D eigenvalue weighted by molar-refractivity contribution is 5.76. The Morgan fingerprint density at radius 1 is 1.30 bits per heavy atom. The van der Waals surface area contributed by atoms with Crippen molar-refractivity contribution in [1.82, 2.24) is 24.7 Å². The number of nitrogens with one attached hydrogen (secondary N) is 1. The van der Waals surface area contributed by atoms with Gasteiger partial charge in [0, 0.05) is 24.0 Å². The average molecular weight is 304 g/mol. The summed E-state index contributed by atoms with van der Waals surface area (Å²) in [5, 5.41) is 14.5. The van der Waals surface area contributed by atoms with Crippen LogP contribution in [0.2, 0.25) is 0 Å². The molecule has 0 aromatic carbocycles. The van der Waals surface area contributed by atoms with Crippen LogP contribution in [0.3, 0.4) is 0 Å². The molecule has 1 N–H and O–H groups in total. The van der Waals surface area contributed by atoms with Gasteiger partial charge in [-0.15, -0.1) is 0 Å². The number of hydrogen-bond donors (Lipinski definition) is 1. The summed E-state index contributed by atoms with van der Waals surface area (Å²) in [4.78, 5) is 12.0. The molecule has 0 atom stereocenters. The molecule has 0 saturated heterocycles. The van der Waals surface area contributed by atoms with Crippen LogP contribution in [0.4, 0.5) is 0 Å². The van der Waals surface area contributed by atoms with Gasteiger partial charge in [0.1, 0.15) is 5.65 Å². The third-order valence-electron chi connectivity index (χ3n) is 4.28. The van der Waals surface area contributed by atoms with Gasteiger partial charge in [0.15, 0.2) is 5.82 Å². The van der Waals surface area contributed by atoms with E-state index >= 15 is 0 Å². The normalized spacial score (nSPS) is 14.3. The van der Waals surface area contributed by atoms with E-state index in [1.165, 1.54) is 18.4 Å². The fourth-order valence-electron chi connectivity index (χ4n) is 3.10. The van der Waals surface area contributed by atoms with Crippen molar-refractivity contribution in [2.24, 2.45) is 0 Å². The van der Waals surface area contributed by atoms with Crippen LogP contribution in [-0.4, -0.2) is 24.7 Å². The van der Waals surface area contributed by atoms with Gasteiger partial charge in [-0.25, -0.2) is 14.6 Å². The quantitative estimate of drug-likeness (QED) is 0.802. The molecule has 0 unspecified atom stereocenters. The third-order valence-corrected chi connectivity index (χ3v) is 4.28. The Morgan fingerprint density at radius 3 is 3.00 bits per heavy atom. The van der Waals surface area contributed by atoms with Gasteiger partial charge >= 0.3 is 0 Å². The van der Waals surface area contributed by atoms with Crippen LogP contribution < -0.4 is 0 Å². The summed E-state index contributed by atoms with van der Waals surface area (Å²) in [5.74, 6) is 0.638. The molecule has 114 valence electrons. The second-order valence-electron chi connectivity index (χ2n) is 5.74. The Balaban J connectivity index is 1.72. The minimum absolute atomic E-state index is 0.382. The lowest BCUT2D eigenvalue weighted by molar-refractivity contribution is 0.859. The average Bonchev–Trinajstić information content (AvgIpc) is 3.32. The van der Waals surface area contributed by atoms with Crippen molar-refractivity contribution in [3.8, 4) is 17.5 Å². The lowest BCUT2D eigenvalue weighted by atomic mass is 10.1. The molecule has 23 heavy (non-hydrogen) atoms. The summed E-state index contributed by atoms with van der Waals surface area (Å²) in [6, 6.07) is 4.20. The molecule has 0 spiro atoms. The van der Waals surface area contributed by atoms with E-state index < -0.39 is 0 Å². The first-order valence-electron chi connectivity index (χ1n) is 7.78. The zero-order chi connectivity index (χ0) is 15.6. The van der Waals surface area contributed by atoms with E-state index in [-0.39, 0.29) is 0 Å². The van der Waals surface area contributed by atoms with Crippen molar-refractivity contribution >= 4 is 16.7 Å². The molecule has 1 fully saturated rings. The molecule has 4 rings (SSSR count). The van der Waals surface area contributed by atoms with E-state index in [1.54, 1.807) is 12.4 Å². The van der Waals surface area contributed by atoms with Crippen molar-refractivity contribution in [1.29, 1.82) is 5.26 Å². The van der Waals surface area contributed by atoms with Crippen molar-refractivity contribution in [2.45, 2.75) is 32.1 Å². The molecule has 3 heterocycles. The van der Waals surface area contributed by atoms with Crippen LogP contribution in [0.15, 0.2) is 36.4 Å². The van der Waals surface area contributed by atoms with Gasteiger partial charge in [-0.1, -0.05) is 0 Å². The molecule has 0 bridgehead atoms. The maximum Gasteiger partial charge on any atom is 0.164 e. The van der Waals surface area contributed by atoms with Crippen molar-refractivity contribution in [2.75, 3.05) is 0 Å². The van der Waals surface area contributed by atoms with Gasteiger partial charge in [-0.05, 0) is 37.3 Å². The van der Waals surface area contributed by atoms with E-state index in [0.717, 1.165) is 35.1 Å². The fourth-order valence-corrected chi connectivity index (χ4v) is 3.10. The number of nitriles is 1. The van der Waals surface area contributed by atoms with E-state index in [2.05, 4.69) is 26.1 Å². The third kappa shape index (κ3) is 2.50. The number of nitrogens with zero attached hydrogens (tertiary/aromatic N) is 5. The maximum atomic E-state index is 9.12. The van der Waals surface area contributed by atoms with Gasteiger partial charge in [0.25, 0.3) is 0 Å². The molecular formula is C17H16N6. The molecule has 1 aliphatic carbocycles. The number of aromatic nitrogens is 5. The maximum absolute atomic E-state index is 9.12. The highest BCUT2D eigenvalue weighted by atomic mass is 15.3. The summed E-state index contributed by atoms with van der Waals surface area (Å²) in [7, 11) is 0. The first-order valence-corrected chi connectivity index (χ1v) is 7.78. The highest BCUT2D eigenvalue weighted by Gasteiger charge is 2.16. The first-order chi connectivity index (χ1) is 11.3. The summed E-state index contributed by atoms with van der Waals surface area (Å²) < 4.78 is 1.82. The number of aromatic amines is 1. The van der Waals surface area contributed by atoms with Gasteiger partial charge in [0.05, 0.1) is 29.9 Å². The van der Waals surface area contributed by atoms with Gasteiger partial charge in [-0.2, -0.15) is 10.4 Å². The van der Waals surface area contributed by atoms with E-state index in [4.69, 9.17) is 5.26 Å². The zero-order valence-corrected chi connectivity index (χ0v) is 12.7. The van der Waals surface area contributed by atoms with Crippen LogP contribution in [-0.2, 0) is 0 Å². The standard InChI is InChI=1S/C17H16N6/c18-7-5-15(12-3-1-2-4-12)23-11-14(10-21-23)17-20-9-13-6-8-19-16(13)22-17/h6,8-11H,1-5H2,(H,19,20,22). The van der Waals surface area contributed by atoms with Crippen LogP contribution in [0.5, 0.6) is 0 Å². The lowest BCUT2D eigenvalue weighted by Gasteiger charge is -2.07. The lowest BCUT2D eigenvalue weighted by Crippen LogP contribution is -2.00. The Hall–Kier alpha value is -2.94. The molecule has 1 saturated carbocycles. The van der Waals surface area contributed by atoms with Crippen LogP contribution >= 0.6 is 0 Å². The van der Waals surface area contributed by atoms with Gasteiger partial charge in [-0.3, -0.25) is 0 Å². The number of allylic oxidation sites excluding steroid dienone is 2. The minimum atomic E-state index is 0.382. The predicted molar refractivity (Wildman–Crippen MR) is 87.0 cm³/mol. The van der Waals surface area contributed by atoms with E-state index in [9.17, 15) is 0 Å². The second kappa shape index (κ2) is 5.69. The second-order valence-corrected chi connectivity index (χ2v) is 5.74. The first kappa shape index (κ1) is 13.7. The Kier molecular flexibility index (Phi) is 3.39. The molecule has 0 amide bonds. The number of rotatable bonds is 3. The van der Waals surface area contributed by atoms with Crippen LogP contribution in [0, 0.1) is 11.3 Å². The molecule has 3 aromatic rings. The monoisotopic (exact) mass is 304 g/mol. The SMILES string of the molecule is N#CCC(=C1CCCC1)n1cc(-c2ncc3cc[nH]c3n2)cn1. The Labute approximate surface area is 133 Å². The molecule has 1 aliphatic rings. The topological polar surface area (TPSA) is 83.2 Å². The van der Waals surface area contributed by atoms with Crippen LogP contribution in [0.25, 0.3) is 28.1 Å². The largest absolute Gasteiger partial charge is 0.346 e. The summed E-state index contributed by atoms with van der Waals surface area (Å²) in [5.41, 5.74) is 4.03. The van der Waals surface area contributed by atoms with Crippen molar-refractivity contribution < 1.29 is 0 Å². The number of H-pyrrole nitrogens is 1. The predicted octanol–water partition coefficient (Wildman–Crippen LogP) is 3.52. The van der Waals surface area contributed by atoms with Crippen molar-refractivity contribution in [3.05, 3.63) is 36.4 Å². The Bertz CT molecular complexity index is 916. The molecule has 0 aliphatic heterocycles. The molecule has 6 nitrogen and oxygen atoms in total. The Morgan fingerprint density at radius 2 is 2.17 bits per heavy atom. The minimum Gasteiger partial charge on any atom is -0.346 e. The molecule has 3 aromatic heterocycles. The summed E-state index contributed by atoms with van der Waals surface area (Å²) in [6.07, 6.45) is 12.2. The highest BCUT2D eigenvalue weighted by Crippen LogP contribution is 2.31. The molecule has 6 heteroatoms. The van der Waals surface area contributed by atoms with Crippen LogP contribution in [0.1, 0.15) is 32.1 Å². The van der Waals surface area contributed by atoms with Gasteiger partial charge < -0.3 is 4.98 Å². The molecule has 0 radical (unpaired) electrons. The zero-order valence-electron chi connectivity index (χ0n) is 12.7. The van der Waals surface area contributed by atoms with Gasteiger partial charge in [0.2, 0.25) is 0 Å². The fraction of sp³-hybridized carbons (Fsp3) is 0.294. The summed E-state index contributed by atoms with van der Waals surface area (Å²) >= 11 is 0. The smallest absolute Gasteiger partial charge is 0.164 e. The van der Waals surface area contributed by atoms with E-state index in [0.29, 0.717) is 12.2 Å². The number of hydrogen-bond acceptors (Lipinski definition) is 4. The number of fused-ring (bicyclic) bond motifs is 1. The van der Waals surface area contributed by atoms with Crippen molar-refractivity contribution in [3.63, 3.8) is 0 Å².